The van der Waals surface area contributed by atoms with E-state index in [2.05, 4.69) is 15.3 Å². The zero-order valence-electron chi connectivity index (χ0n) is 10.7. The van der Waals surface area contributed by atoms with Crippen molar-refractivity contribution in [2.24, 2.45) is 0 Å². The molecule has 0 unspecified atom stereocenters. The van der Waals surface area contributed by atoms with Gasteiger partial charge in [-0.2, -0.15) is 5.10 Å². The Morgan fingerprint density at radius 1 is 0.950 bits per heavy atom. The molecule has 0 atom stereocenters. The van der Waals surface area contributed by atoms with Gasteiger partial charge in [0.25, 0.3) is 0 Å². The monoisotopic (exact) mass is 260 g/mol. The highest BCUT2D eigenvalue weighted by atomic mass is 15.3. The van der Waals surface area contributed by atoms with E-state index in [1.165, 1.54) is 0 Å². The SMILES string of the molecule is [C-]#[N+]c1cn(-c2ccccc2)nc1Nc1ccccc1. The first-order valence-corrected chi connectivity index (χ1v) is 6.21. The number of hydrogen-bond donors (Lipinski definition) is 1. The molecule has 3 aromatic rings. The lowest BCUT2D eigenvalue weighted by Gasteiger charge is -2.03. The number of aromatic nitrogens is 2. The maximum Gasteiger partial charge on any atom is 0.248 e. The van der Waals surface area contributed by atoms with Crippen LogP contribution in [0.3, 0.4) is 0 Å². The van der Waals surface area contributed by atoms with Crippen molar-refractivity contribution in [1.82, 2.24) is 9.78 Å². The molecular weight excluding hydrogens is 248 g/mol. The second kappa shape index (κ2) is 5.29. The van der Waals surface area contributed by atoms with Crippen LogP contribution in [0.5, 0.6) is 0 Å². The third kappa shape index (κ3) is 2.38. The fraction of sp³-hybridized carbons (Fsp3) is 0. The van der Waals surface area contributed by atoms with E-state index < -0.39 is 0 Å². The van der Waals surface area contributed by atoms with Crippen molar-refractivity contribution >= 4 is 17.2 Å². The molecule has 0 amide bonds. The Morgan fingerprint density at radius 2 is 1.60 bits per heavy atom. The lowest BCUT2D eigenvalue weighted by molar-refractivity contribution is 0.884. The minimum atomic E-state index is 0.498. The number of benzene rings is 2. The first-order valence-electron chi connectivity index (χ1n) is 6.21. The average Bonchev–Trinajstić information content (AvgIpc) is 2.92. The van der Waals surface area contributed by atoms with E-state index in [0.29, 0.717) is 11.5 Å². The summed E-state index contributed by atoms with van der Waals surface area (Å²) in [7, 11) is 0. The van der Waals surface area contributed by atoms with E-state index in [0.717, 1.165) is 11.4 Å². The van der Waals surface area contributed by atoms with E-state index in [1.54, 1.807) is 10.9 Å². The molecule has 96 valence electrons. The zero-order chi connectivity index (χ0) is 13.8. The number of rotatable bonds is 3. The first-order chi connectivity index (χ1) is 9.86. The highest BCUT2D eigenvalue weighted by molar-refractivity contribution is 5.71. The van der Waals surface area contributed by atoms with Crippen LogP contribution in [0.15, 0.2) is 66.9 Å². The maximum absolute atomic E-state index is 7.26. The zero-order valence-corrected chi connectivity index (χ0v) is 10.7. The fourth-order valence-electron chi connectivity index (χ4n) is 1.91. The number of anilines is 2. The predicted octanol–water partition coefficient (Wildman–Crippen LogP) is 4.17. The molecule has 4 nitrogen and oxygen atoms in total. The van der Waals surface area contributed by atoms with E-state index in [1.807, 2.05) is 60.7 Å². The van der Waals surface area contributed by atoms with Crippen molar-refractivity contribution in [3.63, 3.8) is 0 Å². The molecule has 1 N–H and O–H groups in total. The number of para-hydroxylation sites is 2. The molecule has 0 aliphatic carbocycles. The summed E-state index contributed by atoms with van der Waals surface area (Å²) < 4.78 is 1.71. The maximum atomic E-state index is 7.26. The third-order valence-electron chi connectivity index (χ3n) is 2.87. The van der Waals surface area contributed by atoms with Crippen LogP contribution in [0, 0.1) is 6.57 Å². The largest absolute Gasteiger partial charge is 0.348 e. The number of nitrogens with zero attached hydrogens (tertiary/aromatic N) is 3. The van der Waals surface area contributed by atoms with Crippen molar-refractivity contribution in [3.05, 3.63) is 78.3 Å². The summed E-state index contributed by atoms with van der Waals surface area (Å²) >= 11 is 0. The van der Waals surface area contributed by atoms with Gasteiger partial charge < -0.3 is 5.32 Å². The van der Waals surface area contributed by atoms with Crippen LogP contribution in [0.4, 0.5) is 17.2 Å². The molecule has 0 radical (unpaired) electrons. The molecule has 0 saturated carbocycles. The fourth-order valence-corrected chi connectivity index (χ4v) is 1.91. The quantitative estimate of drug-likeness (QED) is 0.717. The molecule has 20 heavy (non-hydrogen) atoms. The standard InChI is InChI=1S/C16H12N4/c1-17-15-12-20(14-10-6-3-7-11-14)19-16(15)18-13-8-4-2-5-9-13/h2-12H,(H,18,19). The summed E-state index contributed by atoms with van der Waals surface area (Å²) in [5, 5.41) is 7.61. The molecule has 2 aromatic carbocycles. The Hall–Kier alpha value is -3.06. The molecule has 1 heterocycles. The van der Waals surface area contributed by atoms with Crippen molar-refractivity contribution < 1.29 is 0 Å². The summed E-state index contributed by atoms with van der Waals surface area (Å²) in [6, 6.07) is 19.4. The number of hydrogen-bond acceptors (Lipinski definition) is 2. The highest BCUT2D eigenvalue weighted by Crippen LogP contribution is 2.27. The van der Waals surface area contributed by atoms with E-state index >= 15 is 0 Å². The molecule has 0 aliphatic rings. The van der Waals surface area contributed by atoms with Crippen LogP contribution in [-0.2, 0) is 0 Å². The molecule has 0 spiro atoms. The normalized spacial score (nSPS) is 9.95. The third-order valence-corrected chi connectivity index (χ3v) is 2.87. The molecular formula is C16H12N4. The minimum Gasteiger partial charge on any atom is -0.348 e. The predicted molar refractivity (Wildman–Crippen MR) is 79.6 cm³/mol. The Balaban J connectivity index is 1.96. The van der Waals surface area contributed by atoms with Gasteiger partial charge in [-0.05, 0) is 24.3 Å². The van der Waals surface area contributed by atoms with Crippen LogP contribution in [0.25, 0.3) is 10.5 Å². The van der Waals surface area contributed by atoms with E-state index in [9.17, 15) is 0 Å². The Kier molecular flexibility index (Phi) is 3.17. The van der Waals surface area contributed by atoms with Gasteiger partial charge in [-0.25, -0.2) is 4.85 Å². The van der Waals surface area contributed by atoms with Crippen LogP contribution in [0.2, 0.25) is 0 Å². The summed E-state index contributed by atoms with van der Waals surface area (Å²) in [6.45, 7) is 7.26. The van der Waals surface area contributed by atoms with Gasteiger partial charge in [0.05, 0.1) is 12.3 Å². The van der Waals surface area contributed by atoms with Crippen LogP contribution < -0.4 is 5.32 Å². The molecule has 0 aliphatic heterocycles. The van der Waals surface area contributed by atoms with Crippen molar-refractivity contribution in [1.29, 1.82) is 0 Å². The minimum absolute atomic E-state index is 0.498. The second-order valence-electron chi connectivity index (χ2n) is 4.25. The lowest BCUT2D eigenvalue weighted by Crippen LogP contribution is -1.96. The topological polar surface area (TPSA) is 34.2 Å². The van der Waals surface area contributed by atoms with E-state index in [-0.39, 0.29) is 0 Å². The first kappa shape index (κ1) is 12.0. The Morgan fingerprint density at radius 3 is 2.25 bits per heavy atom. The Bertz CT molecular complexity index is 739. The lowest BCUT2D eigenvalue weighted by atomic mass is 10.3. The molecule has 0 saturated heterocycles. The Labute approximate surface area is 117 Å². The smallest absolute Gasteiger partial charge is 0.248 e. The molecule has 0 fully saturated rings. The van der Waals surface area contributed by atoms with Gasteiger partial charge in [-0.15, -0.1) is 0 Å². The summed E-state index contributed by atoms with van der Waals surface area (Å²) in [6.07, 6.45) is 1.73. The molecule has 0 bridgehead atoms. The summed E-state index contributed by atoms with van der Waals surface area (Å²) in [5.74, 6) is 0.565. The van der Waals surface area contributed by atoms with Gasteiger partial charge in [0.1, 0.15) is 0 Å². The van der Waals surface area contributed by atoms with Gasteiger partial charge in [0.2, 0.25) is 5.69 Å². The van der Waals surface area contributed by atoms with Crippen molar-refractivity contribution in [3.8, 4) is 5.69 Å². The van der Waals surface area contributed by atoms with Gasteiger partial charge in [0, 0.05) is 11.9 Å². The van der Waals surface area contributed by atoms with Crippen molar-refractivity contribution in [2.45, 2.75) is 0 Å². The average molecular weight is 260 g/mol. The molecule has 4 heteroatoms. The second-order valence-corrected chi connectivity index (χ2v) is 4.25. The summed E-state index contributed by atoms with van der Waals surface area (Å²) in [5.41, 5.74) is 2.34. The van der Waals surface area contributed by atoms with Gasteiger partial charge in [-0.1, -0.05) is 36.4 Å². The van der Waals surface area contributed by atoms with Gasteiger partial charge >= 0.3 is 0 Å². The van der Waals surface area contributed by atoms with Crippen LogP contribution >= 0.6 is 0 Å². The van der Waals surface area contributed by atoms with Crippen LogP contribution in [-0.4, -0.2) is 9.78 Å². The highest BCUT2D eigenvalue weighted by Gasteiger charge is 2.09. The summed E-state index contributed by atoms with van der Waals surface area (Å²) in [4.78, 5) is 3.52. The molecule has 3 rings (SSSR count). The van der Waals surface area contributed by atoms with Crippen molar-refractivity contribution in [2.75, 3.05) is 5.32 Å². The van der Waals surface area contributed by atoms with Crippen LogP contribution in [0.1, 0.15) is 0 Å². The van der Waals surface area contributed by atoms with Gasteiger partial charge in [0.15, 0.2) is 5.82 Å². The van der Waals surface area contributed by atoms with E-state index in [4.69, 9.17) is 6.57 Å². The van der Waals surface area contributed by atoms with Gasteiger partial charge in [-0.3, -0.25) is 4.68 Å². The number of nitrogens with one attached hydrogen (secondary N) is 1. The molecule has 1 aromatic heterocycles.